The zero-order chi connectivity index (χ0) is 18.2. The van der Waals surface area contributed by atoms with Crippen molar-refractivity contribution in [2.24, 2.45) is 5.14 Å². The Bertz CT molecular complexity index is 1020. The molecule has 0 radical (unpaired) electrons. The number of rotatable bonds is 4. The van der Waals surface area contributed by atoms with Gasteiger partial charge in [0.2, 0.25) is 10.0 Å². The van der Waals surface area contributed by atoms with Gasteiger partial charge in [-0.15, -0.1) is 0 Å². The number of aryl methyl sites for hydroxylation is 2. The van der Waals surface area contributed by atoms with Crippen LogP contribution in [0.5, 0.6) is 5.75 Å². The Morgan fingerprint density at radius 3 is 2.24 bits per heavy atom. The van der Waals surface area contributed by atoms with Crippen LogP contribution >= 0.6 is 0 Å². The van der Waals surface area contributed by atoms with E-state index in [1.807, 2.05) is 36.7 Å². The lowest BCUT2D eigenvalue weighted by Gasteiger charge is -2.12. The van der Waals surface area contributed by atoms with Crippen molar-refractivity contribution in [3.8, 4) is 22.7 Å². The summed E-state index contributed by atoms with van der Waals surface area (Å²) in [4.78, 5) is 0.0990. The molecule has 25 heavy (non-hydrogen) atoms. The minimum atomic E-state index is -3.70. The van der Waals surface area contributed by atoms with E-state index < -0.39 is 10.0 Å². The third-order valence-electron chi connectivity index (χ3n) is 4.09. The maximum atomic E-state index is 11.4. The fraction of sp³-hybridized carbons (Fsp3) is 0.158. The van der Waals surface area contributed by atoms with E-state index in [0.717, 1.165) is 33.8 Å². The molecule has 2 aromatic carbocycles. The third-order valence-corrected chi connectivity index (χ3v) is 5.02. The van der Waals surface area contributed by atoms with Crippen LogP contribution < -0.4 is 9.88 Å². The molecule has 0 spiro atoms. The lowest BCUT2D eigenvalue weighted by Crippen LogP contribution is -2.12. The highest BCUT2D eigenvalue weighted by Gasteiger charge is 2.12. The number of nitrogens with two attached hydrogens (primary N) is 1. The van der Waals surface area contributed by atoms with Crippen molar-refractivity contribution in [3.05, 3.63) is 65.9 Å². The van der Waals surface area contributed by atoms with Crippen molar-refractivity contribution < 1.29 is 13.2 Å². The number of hydrogen-bond donors (Lipinski definition) is 1. The van der Waals surface area contributed by atoms with Gasteiger partial charge in [0.05, 0.1) is 17.7 Å². The molecule has 0 aliphatic heterocycles. The predicted octanol–water partition coefficient (Wildman–Crippen LogP) is 3.42. The zero-order valence-corrected chi connectivity index (χ0v) is 15.2. The van der Waals surface area contributed by atoms with Gasteiger partial charge in [-0.05, 0) is 79.1 Å². The normalized spacial score (nSPS) is 11.5. The van der Waals surface area contributed by atoms with Gasteiger partial charge >= 0.3 is 0 Å². The zero-order valence-electron chi connectivity index (χ0n) is 14.4. The van der Waals surface area contributed by atoms with E-state index in [2.05, 4.69) is 12.1 Å². The summed E-state index contributed by atoms with van der Waals surface area (Å²) in [6, 6.07) is 14.7. The molecule has 0 fully saturated rings. The molecule has 0 aliphatic carbocycles. The standard InChI is InChI=1S/C19H20N2O3S/c1-13-10-18(15-4-9-19(24-3)14(2)11-15)21(12-13)16-5-7-17(8-6-16)25(20,22)23/h4-12H,1-3H3,(H2,20,22,23). The van der Waals surface area contributed by atoms with Crippen LogP contribution in [0.25, 0.3) is 16.9 Å². The molecular formula is C19H20N2O3S. The molecule has 6 heteroatoms. The van der Waals surface area contributed by atoms with Gasteiger partial charge in [-0.3, -0.25) is 0 Å². The van der Waals surface area contributed by atoms with Gasteiger partial charge in [0.15, 0.2) is 0 Å². The molecule has 130 valence electrons. The average Bonchev–Trinajstić information content (AvgIpc) is 2.96. The van der Waals surface area contributed by atoms with Crippen LogP contribution in [-0.2, 0) is 10.0 Å². The molecule has 0 atom stereocenters. The second kappa shape index (κ2) is 6.38. The maximum Gasteiger partial charge on any atom is 0.238 e. The van der Waals surface area contributed by atoms with E-state index in [-0.39, 0.29) is 4.90 Å². The molecule has 0 unspecified atom stereocenters. The first-order valence-corrected chi connectivity index (χ1v) is 9.31. The van der Waals surface area contributed by atoms with E-state index in [0.29, 0.717) is 0 Å². The number of hydrogen-bond acceptors (Lipinski definition) is 3. The lowest BCUT2D eigenvalue weighted by molar-refractivity contribution is 0.412. The molecule has 0 amide bonds. The summed E-state index contributed by atoms with van der Waals surface area (Å²) in [6.45, 7) is 4.03. The maximum absolute atomic E-state index is 11.4. The van der Waals surface area contributed by atoms with Crippen LogP contribution in [-0.4, -0.2) is 20.1 Å². The Kier molecular flexibility index (Phi) is 4.41. The van der Waals surface area contributed by atoms with Crippen molar-refractivity contribution in [1.29, 1.82) is 0 Å². The van der Waals surface area contributed by atoms with E-state index >= 15 is 0 Å². The highest BCUT2D eigenvalue weighted by atomic mass is 32.2. The van der Waals surface area contributed by atoms with Crippen LogP contribution in [0, 0.1) is 13.8 Å². The molecule has 0 saturated heterocycles. The average molecular weight is 356 g/mol. The van der Waals surface area contributed by atoms with Gasteiger partial charge in [0.1, 0.15) is 5.75 Å². The predicted molar refractivity (Wildman–Crippen MR) is 98.6 cm³/mol. The number of primary sulfonamides is 1. The number of aromatic nitrogens is 1. The van der Waals surface area contributed by atoms with Gasteiger partial charge in [-0.25, -0.2) is 13.6 Å². The lowest BCUT2D eigenvalue weighted by atomic mass is 10.1. The summed E-state index contributed by atoms with van der Waals surface area (Å²) in [5, 5.41) is 5.17. The first-order valence-electron chi connectivity index (χ1n) is 7.77. The first-order chi connectivity index (χ1) is 11.8. The largest absolute Gasteiger partial charge is 0.496 e. The Hall–Kier alpha value is -2.57. The fourth-order valence-corrected chi connectivity index (χ4v) is 3.38. The van der Waals surface area contributed by atoms with Crippen molar-refractivity contribution >= 4 is 10.0 Å². The summed E-state index contributed by atoms with van der Waals surface area (Å²) >= 11 is 0. The Balaban J connectivity index is 2.09. The quantitative estimate of drug-likeness (QED) is 0.778. The Morgan fingerprint density at radius 2 is 1.68 bits per heavy atom. The molecule has 2 N–H and O–H groups in total. The molecule has 5 nitrogen and oxygen atoms in total. The molecule has 0 aliphatic rings. The van der Waals surface area contributed by atoms with Gasteiger partial charge in [-0.1, -0.05) is 0 Å². The highest BCUT2D eigenvalue weighted by Crippen LogP contribution is 2.30. The Morgan fingerprint density at radius 1 is 1.00 bits per heavy atom. The number of benzene rings is 2. The van der Waals surface area contributed by atoms with Gasteiger partial charge in [0, 0.05) is 11.9 Å². The summed E-state index contributed by atoms with van der Waals surface area (Å²) in [6.07, 6.45) is 2.01. The van der Waals surface area contributed by atoms with E-state index in [4.69, 9.17) is 9.88 Å². The SMILES string of the molecule is COc1ccc(-c2cc(C)cn2-c2ccc(S(N)(=O)=O)cc2)cc1C. The van der Waals surface area contributed by atoms with Crippen LogP contribution in [0.1, 0.15) is 11.1 Å². The van der Waals surface area contributed by atoms with E-state index in [1.165, 1.54) is 12.1 Å². The molecule has 3 rings (SSSR count). The molecule has 0 saturated carbocycles. The number of sulfonamides is 1. The summed E-state index contributed by atoms with van der Waals surface area (Å²) in [7, 11) is -2.04. The summed E-state index contributed by atoms with van der Waals surface area (Å²) < 4.78 is 30.2. The Labute approximate surface area is 147 Å². The smallest absolute Gasteiger partial charge is 0.238 e. The second-order valence-electron chi connectivity index (χ2n) is 6.00. The van der Waals surface area contributed by atoms with Gasteiger partial charge in [0.25, 0.3) is 0 Å². The van der Waals surface area contributed by atoms with Gasteiger partial charge < -0.3 is 9.30 Å². The fourth-order valence-electron chi connectivity index (χ4n) is 2.87. The second-order valence-corrected chi connectivity index (χ2v) is 7.56. The van der Waals surface area contributed by atoms with Crippen molar-refractivity contribution in [2.45, 2.75) is 18.7 Å². The molecule has 0 bridgehead atoms. The first kappa shape index (κ1) is 17.3. The minimum Gasteiger partial charge on any atom is -0.496 e. The van der Waals surface area contributed by atoms with Crippen LogP contribution in [0.2, 0.25) is 0 Å². The minimum absolute atomic E-state index is 0.0990. The van der Waals surface area contributed by atoms with E-state index in [9.17, 15) is 8.42 Å². The number of nitrogens with zero attached hydrogens (tertiary/aromatic N) is 1. The van der Waals surface area contributed by atoms with Crippen LogP contribution in [0.3, 0.4) is 0 Å². The number of ether oxygens (including phenoxy) is 1. The summed E-state index contributed by atoms with van der Waals surface area (Å²) in [5.74, 6) is 0.844. The monoisotopic (exact) mass is 356 g/mol. The third kappa shape index (κ3) is 3.45. The highest BCUT2D eigenvalue weighted by molar-refractivity contribution is 7.89. The molecular weight excluding hydrogens is 336 g/mol. The number of methoxy groups -OCH3 is 1. The topological polar surface area (TPSA) is 74.3 Å². The molecule has 1 aromatic heterocycles. The van der Waals surface area contributed by atoms with Crippen LogP contribution in [0.4, 0.5) is 0 Å². The molecule has 3 aromatic rings. The summed E-state index contributed by atoms with van der Waals surface area (Å²) in [5.41, 5.74) is 5.10. The van der Waals surface area contributed by atoms with Gasteiger partial charge in [-0.2, -0.15) is 0 Å². The van der Waals surface area contributed by atoms with Crippen molar-refractivity contribution in [1.82, 2.24) is 4.57 Å². The van der Waals surface area contributed by atoms with Crippen molar-refractivity contribution in [3.63, 3.8) is 0 Å². The van der Waals surface area contributed by atoms with Crippen LogP contribution in [0.15, 0.2) is 59.6 Å². The van der Waals surface area contributed by atoms with Crippen molar-refractivity contribution in [2.75, 3.05) is 7.11 Å². The van der Waals surface area contributed by atoms with E-state index in [1.54, 1.807) is 19.2 Å². The molecule has 1 heterocycles.